The maximum absolute atomic E-state index is 4.61. The second-order valence-electron chi connectivity index (χ2n) is 5.45. The Hall–Kier alpha value is -0.990. The van der Waals surface area contributed by atoms with Crippen LogP contribution >= 0.6 is 0 Å². The molecule has 1 atom stereocenters. The van der Waals surface area contributed by atoms with Crippen molar-refractivity contribution in [1.29, 1.82) is 0 Å². The summed E-state index contributed by atoms with van der Waals surface area (Å²) in [5.74, 6) is 1.79. The van der Waals surface area contributed by atoms with E-state index in [0.29, 0.717) is 12.0 Å². The minimum atomic E-state index is 0.677. The van der Waals surface area contributed by atoms with Crippen molar-refractivity contribution in [2.75, 3.05) is 11.9 Å². The molecule has 1 unspecified atom stereocenters. The Morgan fingerprint density at radius 1 is 1.47 bits per heavy atom. The fraction of sp³-hybridized carbons (Fsp3) is 0.786. The molecule has 0 aromatic carbocycles. The number of rotatable bonds is 5. The molecule has 1 fully saturated rings. The van der Waals surface area contributed by atoms with Crippen LogP contribution in [0.5, 0.6) is 0 Å². The predicted octanol–water partition coefficient (Wildman–Crippen LogP) is 3.76. The number of nitrogens with one attached hydrogen (secondary N) is 1. The van der Waals surface area contributed by atoms with Gasteiger partial charge in [-0.05, 0) is 25.7 Å². The lowest BCUT2D eigenvalue weighted by Gasteiger charge is -2.17. The summed E-state index contributed by atoms with van der Waals surface area (Å²) in [5.41, 5.74) is 1.13. The van der Waals surface area contributed by atoms with Crippen molar-refractivity contribution in [2.24, 2.45) is 5.92 Å². The molecule has 0 saturated heterocycles. The molecule has 0 amide bonds. The van der Waals surface area contributed by atoms with Gasteiger partial charge in [0, 0.05) is 18.8 Å². The maximum atomic E-state index is 4.61. The van der Waals surface area contributed by atoms with E-state index in [0.717, 1.165) is 18.2 Å². The zero-order chi connectivity index (χ0) is 12.3. The number of hydrogen-bond donors (Lipinski definition) is 1. The van der Waals surface area contributed by atoms with Crippen LogP contribution in [0.2, 0.25) is 0 Å². The van der Waals surface area contributed by atoms with Gasteiger partial charge >= 0.3 is 0 Å². The molecule has 1 aromatic heterocycles. The molecule has 0 aliphatic heterocycles. The Balaban J connectivity index is 2.04. The fourth-order valence-corrected chi connectivity index (χ4v) is 2.52. The van der Waals surface area contributed by atoms with Crippen LogP contribution in [0.25, 0.3) is 0 Å². The molecule has 17 heavy (non-hydrogen) atoms. The van der Waals surface area contributed by atoms with Crippen LogP contribution in [0, 0.1) is 12.8 Å². The summed E-state index contributed by atoms with van der Waals surface area (Å²) >= 11 is 0. The lowest BCUT2D eigenvalue weighted by Crippen LogP contribution is -2.15. The summed E-state index contributed by atoms with van der Waals surface area (Å²) in [6.45, 7) is 7.63. The zero-order valence-electron chi connectivity index (χ0n) is 11.4. The van der Waals surface area contributed by atoms with Crippen molar-refractivity contribution in [3.05, 3.63) is 11.9 Å². The van der Waals surface area contributed by atoms with Crippen molar-refractivity contribution in [1.82, 2.24) is 9.55 Å². The van der Waals surface area contributed by atoms with Crippen LogP contribution in [-0.2, 0) is 0 Å². The van der Waals surface area contributed by atoms with Gasteiger partial charge in [0.25, 0.3) is 0 Å². The average Bonchev–Trinajstić information content (AvgIpc) is 2.94. The normalized spacial score (nSPS) is 18.5. The van der Waals surface area contributed by atoms with Gasteiger partial charge in [-0.25, -0.2) is 4.98 Å². The average molecular weight is 235 g/mol. The highest BCUT2D eigenvalue weighted by molar-refractivity contribution is 5.29. The first-order valence-electron chi connectivity index (χ1n) is 7.00. The van der Waals surface area contributed by atoms with Crippen LogP contribution in [-0.4, -0.2) is 16.1 Å². The third-order valence-corrected chi connectivity index (χ3v) is 3.88. The first-order chi connectivity index (χ1) is 8.20. The molecule has 1 aliphatic carbocycles. The Kier molecular flexibility index (Phi) is 4.08. The van der Waals surface area contributed by atoms with Crippen LogP contribution in [0.4, 0.5) is 5.95 Å². The maximum Gasteiger partial charge on any atom is 0.203 e. The van der Waals surface area contributed by atoms with E-state index < -0.39 is 0 Å². The summed E-state index contributed by atoms with van der Waals surface area (Å²) in [6, 6.07) is 0.677. The molecule has 1 aliphatic rings. The van der Waals surface area contributed by atoms with Gasteiger partial charge in [0.05, 0.1) is 5.69 Å². The predicted molar refractivity (Wildman–Crippen MR) is 72.4 cm³/mol. The highest BCUT2D eigenvalue weighted by Gasteiger charge is 2.20. The molecular formula is C14H25N3. The molecule has 2 rings (SSSR count). The number of hydrogen-bond acceptors (Lipinski definition) is 2. The molecule has 3 nitrogen and oxygen atoms in total. The molecule has 0 spiro atoms. The summed E-state index contributed by atoms with van der Waals surface area (Å²) < 4.78 is 2.37. The van der Waals surface area contributed by atoms with E-state index in [1.807, 2.05) is 0 Å². The monoisotopic (exact) mass is 235 g/mol. The molecule has 1 saturated carbocycles. The highest BCUT2D eigenvalue weighted by atomic mass is 15.2. The van der Waals surface area contributed by atoms with E-state index in [1.54, 1.807) is 0 Å². The van der Waals surface area contributed by atoms with E-state index in [1.165, 1.54) is 32.1 Å². The van der Waals surface area contributed by atoms with Crippen LogP contribution in [0.15, 0.2) is 6.20 Å². The van der Waals surface area contributed by atoms with Crippen LogP contribution in [0.1, 0.15) is 57.7 Å². The van der Waals surface area contributed by atoms with Crippen LogP contribution in [0.3, 0.4) is 0 Å². The first-order valence-corrected chi connectivity index (χ1v) is 7.00. The first kappa shape index (κ1) is 12.5. The zero-order valence-corrected chi connectivity index (χ0v) is 11.4. The van der Waals surface area contributed by atoms with Crippen LogP contribution < -0.4 is 5.32 Å². The molecular weight excluding hydrogens is 210 g/mol. The Morgan fingerprint density at radius 2 is 2.18 bits per heavy atom. The van der Waals surface area contributed by atoms with Gasteiger partial charge in [0.15, 0.2) is 0 Å². The summed E-state index contributed by atoms with van der Waals surface area (Å²) in [5, 5.41) is 3.51. The summed E-state index contributed by atoms with van der Waals surface area (Å²) in [4.78, 5) is 4.61. The van der Waals surface area contributed by atoms with Crippen molar-refractivity contribution < 1.29 is 0 Å². The second-order valence-corrected chi connectivity index (χ2v) is 5.45. The van der Waals surface area contributed by atoms with Gasteiger partial charge in [-0.3, -0.25) is 0 Å². The van der Waals surface area contributed by atoms with Gasteiger partial charge < -0.3 is 9.88 Å². The third kappa shape index (κ3) is 3.02. The molecule has 96 valence electrons. The van der Waals surface area contributed by atoms with E-state index in [4.69, 9.17) is 0 Å². The Morgan fingerprint density at radius 3 is 2.82 bits per heavy atom. The number of imidazole rings is 1. The van der Waals surface area contributed by atoms with Crippen molar-refractivity contribution in [3.63, 3.8) is 0 Å². The molecule has 1 aromatic rings. The van der Waals surface area contributed by atoms with E-state index in [2.05, 4.69) is 41.8 Å². The van der Waals surface area contributed by atoms with Gasteiger partial charge in [-0.2, -0.15) is 0 Å². The number of anilines is 1. The van der Waals surface area contributed by atoms with E-state index in [9.17, 15) is 0 Å². The standard InChI is InChI=1S/C14H25N3/c1-4-11(2)9-15-14-16-12(3)10-17(14)13-7-5-6-8-13/h10-11,13H,4-9H2,1-3H3,(H,15,16). The number of aromatic nitrogens is 2. The van der Waals surface area contributed by atoms with Crippen molar-refractivity contribution >= 4 is 5.95 Å². The summed E-state index contributed by atoms with van der Waals surface area (Å²) in [7, 11) is 0. The number of nitrogens with zero attached hydrogens (tertiary/aromatic N) is 2. The van der Waals surface area contributed by atoms with Gasteiger partial charge in [0.2, 0.25) is 5.95 Å². The van der Waals surface area contributed by atoms with Gasteiger partial charge in [0.1, 0.15) is 0 Å². The van der Waals surface area contributed by atoms with Gasteiger partial charge in [-0.15, -0.1) is 0 Å². The van der Waals surface area contributed by atoms with E-state index in [-0.39, 0.29) is 0 Å². The lowest BCUT2D eigenvalue weighted by atomic mass is 10.1. The second kappa shape index (κ2) is 5.56. The minimum Gasteiger partial charge on any atom is -0.355 e. The molecule has 1 heterocycles. The van der Waals surface area contributed by atoms with Crippen molar-refractivity contribution in [3.8, 4) is 0 Å². The lowest BCUT2D eigenvalue weighted by molar-refractivity contribution is 0.517. The molecule has 0 bridgehead atoms. The largest absolute Gasteiger partial charge is 0.355 e. The Labute approximate surface area is 105 Å². The quantitative estimate of drug-likeness (QED) is 0.842. The fourth-order valence-electron chi connectivity index (χ4n) is 2.52. The van der Waals surface area contributed by atoms with E-state index >= 15 is 0 Å². The smallest absolute Gasteiger partial charge is 0.203 e. The van der Waals surface area contributed by atoms with Crippen molar-refractivity contribution in [2.45, 2.75) is 58.9 Å². The third-order valence-electron chi connectivity index (χ3n) is 3.88. The van der Waals surface area contributed by atoms with Gasteiger partial charge in [-0.1, -0.05) is 33.1 Å². The number of aryl methyl sites for hydroxylation is 1. The molecule has 3 heteroatoms. The SMILES string of the molecule is CCC(C)CNc1nc(C)cn1C1CCCC1. The topological polar surface area (TPSA) is 29.9 Å². The highest BCUT2D eigenvalue weighted by Crippen LogP contribution is 2.32. The Bertz CT molecular complexity index is 350. The molecule has 0 radical (unpaired) electrons. The summed E-state index contributed by atoms with van der Waals surface area (Å²) in [6.07, 6.45) is 8.78. The molecule has 1 N–H and O–H groups in total. The minimum absolute atomic E-state index is 0.677.